The summed E-state index contributed by atoms with van der Waals surface area (Å²) in [5.41, 5.74) is 0. The Morgan fingerprint density at radius 3 is 0.742 bits per heavy atom. The first kappa shape index (κ1) is 64.4. The van der Waals surface area contributed by atoms with E-state index in [9.17, 15) is 14.4 Å². The summed E-state index contributed by atoms with van der Waals surface area (Å²) in [5.74, 6) is 0.845. The zero-order chi connectivity index (χ0) is 48.2. The van der Waals surface area contributed by atoms with Crippen molar-refractivity contribution in [2.75, 3.05) is 13.2 Å². The summed E-state index contributed by atoms with van der Waals surface area (Å²) in [7, 11) is 0. The van der Waals surface area contributed by atoms with Crippen molar-refractivity contribution in [2.24, 2.45) is 11.8 Å². The second kappa shape index (κ2) is 52.8. The molecule has 392 valence electrons. The maximum absolute atomic E-state index is 12.9. The molecular weight excluding hydrogens is 817 g/mol. The third kappa shape index (κ3) is 53.4. The topological polar surface area (TPSA) is 78.9 Å². The summed E-state index contributed by atoms with van der Waals surface area (Å²) in [4.78, 5) is 38.2. The van der Waals surface area contributed by atoms with E-state index in [2.05, 4.69) is 34.6 Å². The molecule has 6 nitrogen and oxygen atoms in total. The van der Waals surface area contributed by atoms with Gasteiger partial charge >= 0.3 is 17.9 Å². The maximum Gasteiger partial charge on any atom is 0.306 e. The van der Waals surface area contributed by atoms with E-state index in [1.165, 1.54) is 225 Å². The Morgan fingerprint density at radius 1 is 0.288 bits per heavy atom. The van der Waals surface area contributed by atoms with Gasteiger partial charge in [0, 0.05) is 19.3 Å². The summed E-state index contributed by atoms with van der Waals surface area (Å²) in [5, 5.41) is 0. The highest BCUT2D eigenvalue weighted by Gasteiger charge is 2.19. The van der Waals surface area contributed by atoms with Gasteiger partial charge in [-0.05, 0) is 31.1 Å². The predicted molar refractivity (Wildman–Crippen MR) is 284 cm³/mol. The molecule has 1 atom stereocenters. The van der Waals surface area contributed by atoms with Crippen LogP contribution in [0, 0.1) is 11.8 Å². The Hall–Kier alpha value is -1.59. The molecule has 0 spiro atoms. The zero-order valence-electron chi connectivity index (χ0n) is 45.3. The molecule has 0 bridgehead atoms. The van der Waals surface area contributed by atoms with E-state index in [4.69, 9.17) is 14.2 Å². The van der Waals surface area contributed by atoms with Crippen molar-refractivity contribution in [3.63, 3.8) is 0 Å². The summed E-state index contributed by atoms with van der Waals surface area (Å²) < 4.78 is 16.9. The SMILES string of the molecule is CCCCCCCCCCCCCCCCCC(=O)OC[C@@H](COC(=O)CCCCCCCCCCCCCCCCCC(C)C)OC(=O)CCCCCCCCCCCCCCC(C)C. The van der Waals surface area contributed by atoms with Crippen molar-refractivity contribution in [3.8, 4) is 0 Å². The minimum atomic E-state index is -0.763. The number of rotatable bonds is 54. The number of carbonyl (C=O) groups excluding carboxylic acids is 3. The van der Waals surface area contributed by atoms with E-state index in [-0.39, 0.29) is 31.1 Å². The van der Waals surface area contributed by atoms with Crippen LogP contribution in [0.25, 0.3) is 0 Å². The van der Waals surface area contributed by atoms with Crippen LogP contribution >= 0.6 is 0 Å². The van der Waals surface area contributed by atoms with Gasteiger partial charge in [0.25, 0.3) is 0 Å². The van der Waals surface area contributed by atoms with Crippen molar-refractivity contribution in [1.82, 2.24) is 0 Å². The van der Waals surface area contributed by atoms with E-state index in [0.717, 1.165) is 69.6 Å². The third-order valence-electron chi connectivity index (χ3n) is 13.7. The van der Waals surface area contributed by atoms with E-state index in [0.29, 0.717) is 19.3 Å². The minimum absolute atomic E-state index is 0.0624. The normalized spacial score (nSPS) is 12.0. The standard InChI is InChI=1S/C60H116O6/c1-6-7-8-9-10-11-12-13-15-19-25-30-35-40-45-50-58(61)64-53-57(66-60(63)52-47-42-37-32-27-22-21-24-29-34-39-44-49-56(4)5)54-65-59(62)51-46-41-36-31-26-20-17-14-16-18-23-28-33-38-43-48-55(2)3/h55-57H,6-54H2,1-5H3/t57-/m0/s1. The van der Waals surface area contributed by atoms with Gasteiger partial charge in [-0.25, -0.2) is 0 Å². The number of unbranched alkanes of at least 4 members (excludes halogenated alkanes) is 39. The summed E-state index contributed by atoms with van der Waals surface area (Å²) in [6.07, 6.45) is 56.6. The largest absolute Gasteiger partial charge is 0.462 e. The van der Waals surface area contributed by atoms with E-state index in [1.807, 2.05) is 0 Å². The molecule has 0 aliphatic rings. The summed E-state index contributed by atoms with van der Waals surface area (Å²) in [6, 6.07) is 0. The van der Waals surface area contributed by atoms with E-state index < -0.39 is 6.10 Å². The van der Waals surface area contributed by atoms with Crippen LogP contribution in [-0.4, -0.2) is 37.2 Å². The van der Waals surface area contributed by atoms with Crippen LogP contribution in [0.1, 0.15) is 336 Å². The Balaban J connectivity index is 4.29. The van der Waals surface area contributed by atoms with Gasteiger partial charge in [-0.1, -0.05) is 298 Å². The van der Waals surface area contributed by atoms with Crippen molar-refractivity contribution in [2.45, 2.75) is 343 Å². The van der Waals surface area contributed by atoms with Crippen LogP contribution in [0.3, 0.4) is 0 Å². The van der Waals surface area contributed by atoms with Crippen molar-refractivity contribution in [3.05, 3.63) is 0 Å². The third-order valence-corrected chi connectivity index (χ3v) is 13.7. The minimum Gasteiger partial charge on any atom is -0.462 e. The molecule has 0 saturated carbocycles. The van der Waals surface area contributed by atoms with Gasteiger partial charge in [0.05, 0.1) is 0 Å². The fourth-order valence-corrected chi connectivity index (χ4v) is 9.23. The smallest absolute Gasteiger partial charge is 0.306 e. The lowest BCUT2D eigenvalue weighted by molar-refractivity contribution is -0.167. The molecule has 0 rings (SSSR count). The van der Waals surface area contributed by atoms with Crippen LogP contribution in [-0.2, 0) is 28.6 Å². The van der Waals surface area contributed by atoms with Gasteiger partial charge in [0.2, 0.25) is 0 Å². The first-order valence-corrected chi connectivity index (χ1v) is 29.7. The first-order chi connectivity index (χ1) is 32.2. The highest BCUT2D eigenvalue weighted by Crippen LogP contribution is 2.18. The number of ether oxygens (including phenoxy) is 3. The molecule has 0 aliphatic heterocycles. The first-order valence-electron chi connectivity index (χ1n) is 29.7. The quantitative estimate of drug-likeness (QED) is 0.0343. The molecule has 0 aromatic carbocycles. The number of esters is 3. The Kier molecular flexibility index (Phi) is 51.5. The Labute approximate surface area is 412 Å². The lowest BCUT2D eigenvalue weighted by Crippen LogP contribution is -2.30. The average Bonchev–Trinajstić information content (AvgIpc) is 3.29. The fourth-order valence-electron chi connectivity index (χ4n) is 9.23. The van der Waals surface area contributed by atoms with E-state index in [1.54, 1.807) is 0 Å². The molecule has 0 amide bonds. The number of hydrogen-bond donors (Lipinski definition) is 0. The Morgan fingerprint density at radius 2 is 0.500 bits per heavy atom. The molecule has 0 aromatic heterocycles. The average molecular weight is 934 g/mol. The van der Waals surface area contributed by atoms with E-state index >= 15 is 0 Å². The molecule has 6 heteroatoms. The second-order valence-electron chi connectivity index (χ2n) is 21.6. The molecule has 0 N–H and O–H groups in total. The number of hydrogen-bond acceptors (Lipinski definition) is 6. The molecule has 0 radical (unpaired) electrons. The summed E-state index contributed by atoms with van der Waals surface area (Å²) >= 11 is 0. The van der Waals surface area contributed by atoms with Gasteiger partial charge in [0.15, 0.2) is 6.10 Å². The molecule has 0 aromatic rings. The van der Waals surface area contributed by atoms with Crippen LogP contribution in [0.15, 0.2) is 0 Å². The highest BCUT2D eigenvalue weighted by atomic mass is 16.6. The van der Waals surface area contributed by atoms with Gasteiger partial charge in [0.1, 0.15) is 13.2 Å². The van der Waals surface area contributed by atoms with Crippen LogP contribution in [0.4, 0.5) is 0 Å². The van der Waals surface area contributed by atoms with Crippen LogP contribution < -0.4 is 0 Å². The van der Waals surface area contributed by atoms with Gasteiger partial charge < -0.3 is 14.2 Å². The highest BCUT2D eigenvalue weighted by molar-refractivity contribution is 5.71. The lowest BCUT2D eigenvalue weighted by Gasteiger charge is -2.18. The Bertz CT molecular complexity index is 1010. The summed E-state index contributed by atoms with van der Waals surface area (Å²) in [6.45, 7) is 11.4. The lowest BCUT2D eigenvalue weighted by atomic mass is 10.0. The molecular formula is C60H116O6. The molecule has 0 fully saturated rings. The predicted octanol–water partition coefficient (Wildman–Crippen LogP) is 19.7. The molecule has 0 unspecified atom stereocenters. The monoisotopic (exact) mass is 933 g/mol. The van der Waals surface area contributed by atoms with Crippen molar-refractivity contribution < 1.29 is 28.6 Å². The van der Waals surface area contributed by atoms with Gasteiger partial charge in [-0.3, -0.25) is 14.4 Å². The van der Waals surface area contributed by atoms with Gasteiger partial charge in [-0.2, -0.15) is 0 Å². The van der Waals surface area contributed by atoms with Crippen LogP contribution in [0.5, 0.6) is 0 Å². The van der Waals surface area contributed by atoms with Gasteiger partial charge in [-0.15, -0.1) is 0 Å². The second-order valence-corrected chi connectivity index (χ2v) is 21.6. The number of carbonyl (C=O) groups is 3. The van der Waals surface area contributed by atoms with Crippen molar-refractivity contribution in [1.29, 1.82) is 0 Å². The van der Waals surface area contributed by atoms with Crippen molar-refractivity contribution >= 4 is 17.9 Å². The molecule has 0 heterocycles. The van der Waals surface area contributed by atoms with Crippen LogP contribution in [0.2, 0.25) is 0 Å². The maximum atomic E-state index is 12.9. The zero-order valence-corrected chi connectivity index (χ0v) is 45.3. The molecule has 0 aliphatic carbocycles. The molecule has 66 heavy (non-hydrogen) atoms. The fraction of sp³-hybridized carbons (Fsp3) is 0.950. The molecule has 0 saturated heterocycles.